The van der Waals surface area contributed by atoms with Crippen LogP contribution < -0.4 is 4.90 Å². The first-order valence-electron chi connectivity index (χ1n) is 7.42. The first-order valence-corrected chi connectivity index (χ1v) is 7.42. The third-order valence-electron chi connectivity index (χ3n) is 4.89. The van der Waals surface area contributed by atoms with Crippen LogP contribution in [0.5, 0.6) is 0 Å². The molecule has 0 bridgehead atoms. The van der Waals surface area contributed by atoms with Crippen LogP contribution in [0, 0.1) is 16.7 Å². The topological polar surface area (TPSA) is 49.1 Å². The minimum Gasteiger partial charge on any atom is -0.381 e. The standard InChI is InChI=1S/C16H21N3O/c1-20-14-6-3-8-16(14)9-4-10-19(12-16)15-7-2-5-13(11-17)18-15/h2,5,7,14H,3-4,6,8-10,12H2,1H3/t14-,16+/m1/s1. The Morgan fingerprint density at radius 3 is 3.05 bits per heavy atom. The summed E-state index contributed by atoms with van der Waals surface area (Å²) in [4.78, 5) is 6.78. The van der Waals surface area contributed by atoms with Crippen LogP contribution in [0.3, 0.4) is 0 Å². The molecule has 1 saturated carbocycles. The average Bonchev–Trinajstić information content (AvgIpc) is 2.89. The highest BCUT2D eigenvalue weighted by Crippen LogP contribution is 2.46. The fourth-order valence-corrected chi connectivity index (χ4v) is 3.96. The molecule has 0 radical (unpaired) electrons. The van der Waals surface area contributed by atoms with Gasteiger partial charge in [-0.05, 0) is 37.8 Å². The van der Waals surface area contributed by atoms with E-state index < -0.39 is 0 Å². The Labute approximate surface area is 120 Å². The van der Waals surface area contributed by atoms with Crippen LogP contribution in [-0.4, -0.2) is 31.3 Å². The second-order valence-electron chi connectivity index (χ2n) is 6.00. The lowest BCUT2D eigenvalue weighted by atomic mass is 9.76. The summed E-state index contributed by atoms with van der Waals surface area (Å²) in [5.74, 6) is 0.935. The summed E-state index contributed by atoms with van der Waals surface area (Å²) in [6.07, 6.45) is 6.50. The zero-order valence-electron chi connectivity index (χ0n) is 12.0. The summed E-state index contributed by atoms with van der Waals surface area (Å²) < 4.78 is 5.73. The highest BCUT2D eigenvalue weighted by Gasteiger charge is 2.46. The van der Waals surface area contributed by atoms with E-state index in [9.17, 15) is 0 Å². The fraction of sp³-hybridized carbons (Fsp3) is 0.625. The van der Waals surface area contributed by atoms with E-state index in [1.807, 2.05) is 19.2 Å². The van der Waals surface area contributed by atoms with Gasteiger partial charge in [0.25, 0.3) is 0 Å². The number of nitriles is 1. The summed E-state index contributed by atoms with van der Waals surface area (Å²) in [7, 11) is 1.84. The smallest absolute Gasteiger partial charge is 0.142 e. The molecule has 0 amide bonds. The summed E-state index contributed by atoms with van der Waals surface area (Å²) >= 11 is 0. The normalized spacial score (nSPS) is 29.6. The molecule has 0 unspecified atom stereocenters. The van der Waals surface area contributed by atoms with Gasteiger partial charge >= 0.3 is 0 Å². The van der Waals surface area contributed by atoms with E-state index in [4.69, 9.17) is 10.00 Å². The molecule has 1 spiro atoms. The molecular formula is C16H21N3O. The van der Waals surface area contributed by atoms with Gasteiger partial charge in [-0.3, -0.25) is 0 Å². The molecule has 2 atom stereocenters. The van der Waals surface area contributed by atoms with E-state index in [2.05, 4.69) is 16.0 Å². The molecule has 4 nitrogen and oxygen atoms in total. The van der Waals surface area contributed by atoms with E-state index in [1.165, 1.54) is 32.1 Å². The van der Waals surface area contributed by atoms with E-state index in [1.54, 1.807) is 6.07 Å². The Morgan fingerprint density at radius 1 is 1.40 bits per heavy atom. The fourth-order valence-electron chi connectivity index (χ4n) is 3.96. The van der Waals surface area contributed by atoms with Crippen molar-refractivity contribution < 1.29 is 4.74 Å². The van der Waals surface area contributed by atoms with Crippen molar-refractivity contribution in [1.82, 2.24) is 4.98 Å². The molecule has 2 fully saturated rings. The number of hydrogen-bond acceptors (Lipinski definition) is 4. The molecule has 0 aromatic carbocycles. The molecule has 1 saturated heterocycles. The molecule has 1 aliphatic heterocycles. The Balaban J connectivity index is 1.83. The third kappa shape index (κ3) is 2.27. The van der Waals surface area contributed by atoms with Crippen molar-refractivity contribution in [2.24, 2.45) is 5.41 Å². The van der Waals surface area contributed by atoms with Gasteiger partial charge in [0.15, 0.2) is 0 Å². The van der Waals surface area contributed by atoms with Gasteiger partial charge in [-0.2, -0.15) is 5.26 Å². The summed E-state index contributed by atoms with van der Waals surface area (Å²) in [6.45, 7) is 2.04. The monoisotopic (exact) mass is 271 g/mol. The maximum Gasteiger partial charge on any atom is 0.142 e. The maximum atomic E-state index is 8.99. The van der Waals surface area contributed by atoms with Gasteiger partial charge in [0.05, 0.1) is 6.10 Å². The lowest BCUT2D eigenvalue weighted by Gasteiger charge is -2.44. The minimum absolute atomic E-state index is 0.289. The number of anilines is 1. The maximum absolute atomic E-state index is 8.99. The third-order valence-corrected chi connectivity index (χ3v) is 4.89. The van der Waals surface area contributed by atoms with Crippen molar-refractivity contribution >= 4 is 5.82 Å². The number of methoxy groups -OCH3 is 1. The summed E-state index contributed by atoms with van der Waals surface area (Å²) in [6, 6.07) is 7.82. The van der Waals surface area contributed by atoms with Crippen molar-refractivity contribution in [2.75, 3.05) is 25.1 Å². The first-order chi connectivity index (χ1) is 9.77. The molecule has 1 aromatic rings. The second-order valence-corrected chi connectivity index (χ2v) is 6.00. The van der Waals surface area contributed by atoms with E-state index in [0.717, 1.165) is 18.9 Å². The van der Waals surface area contributed by atoms with Gasteiger partial charge < -0.3 is 9.64 Å². The van der Waals surface area contributed by atoms with Gasteiger partial charge in [0.2, 0.25) is 0 Å². The van der Waals surface area contributed by atoms with Gasteiger partial charge in [-0.25, -0.2) is 4.98 Å². The SMILES string of the molecule is CO[C@@H]1CCC[C@@]12CCCN(c1cccc(C#N)n1)C2. The highest BCUT2D eigenvalue weighted by molar-refractivity contribution is 5.42. The quantitative estimate of drug-likeness (QED) is 0.830. The van der Waals surface area contributed by atoms with Crippen molar-refractivity contribution in [3.63, 3.8) is 0 Å². The number of hydrogen-bond donors (Lipinski definition) is 0. The van der Waals surface area contributed by atoms with Crippen molar-refractivity contribution in [3.05, 3.63) is 23.9 Å². The number of piperidine rings is 1. The molecule has 4 heteroatoms. The van der Waals surface area contributed by atoms with Crippen LogP contribution in [0.1, 0.15) is 37.8 Å². The average molecular weight is 271 g/mol. The molecule has 2 aliphatic rings. The number of pyridine rings is 1. The van der Waals surface area contributed by atoms with Gasteiger partial charge in [0.1, 0.15) is 17.6 Å². The predicted octanol–water partition coefficient (Wildman–Crippen LogP) is 2.74. The van der Waals surface area contributed by atoms with Crippen LogP contribution in [0.2, 0.25) is 0 Å². The molecule has 1 aromatic heterocycles. The van der Waals surface area contributed by atoms with Crippen LogP contribution in [-0.2, 0) is 4.74 Å². The summed E-state index contributed by atoms with van der Waals surface area (Å²) in [5.41, 5.74) is 0.786. The van der Waals surface area contributed by atoms with Crippen LogP contribution >= 0.6 is 0 Å². The molecule has 2 heterocycles. The molecule has 3 rings (SSSR count). The van der Waals surface area contributed by atoms with Crippen molar-refractivity contribution in [2.45, 2.75) is 38.2 Å². The molecule has 20 heavy (non-hydrogen) atoms. The first kappa shape index (κ1) is 13.4. The Kier molecular flexibility index (Phi) is 3.62. The van der Waals surface area contributed by atoms with E-state index in [0.29, 0.717) is 11.8 Å². The lowest BCUT2D eigenvalue weighted by Crippen LogP contribution is -2.48. The lowest BCUT2D eigenvalue weighted by molar-refractivity contribution is 0.00216. The predicted molar refractivity (Wildman–Crippen MR) is 77.5 cm³/mol. The zero-order chi connectivity index (χ0) is 14.0. The highest BCUT2D eigenvalue weighted by atomic mass is 16.5. The molecular weight excluding hydrogens is 250 g/mol. The molecule has 1 aliphatic carbocycles. The Hall–Kier alpha value is -1.60. The largest absolute Gasteiger partial charge is 0.381 e. The number of nitrogens with zero attached hydrogens (tertiary/aromatic N) is 3. The Morgan fingerprint density at radius 2 is 2.25 bits per heavy atom. The van der Waals surface area contributed by atoms with Gasteiger partial charge in [-0.1, -0.05) is 12.5 Å². The molecule has 106 valence electrons. The number of rotatable bonds is 2. The van der Waals surface area contributed by atoms with E-state index in [-0.39, 0.29) is 5.41 Å². The van der Waals surface area contributed by atoms with Crippen LogP contribution in [0.25, 0.3) is 0 Å². The molecule has 0 N–H and O–H groups in total. The van der Waals surface area contributed by atoms with E-state index >= 15 is 0 Å². The Bertz CT molecular complexity index is 525. The van der Waals surface area contributed by atoms with Gasteiger partial charge in [0, 0.05) is 25.6 Å². The van der Waals surface area contributed by atoms with Crippen LogP contribution in [0.4, 0.5) is 5.82 Å². The second kappa shape index (κ2) is 5.41. The summed E-state index contributed by atoms with van der Waals surface area (Å²) in [5, 5.41) is 8.99. The van der Waals surface area contributed by atoms with Crippen LogP contribution in [0.15, 0.2) is 18.2 Å². The van der Waals surface area contributed by atoms with Gasteiger partial charge in [-0.15, -0.1) is 0 Å². The zero-order valence-corrected chi connectivity index (χ0v) is 12.0. The number of ether oxygens (including phenoxy) is 1. The van der Waals surface area contributed by atoms with Crippen molar-refractivity contribution in [1.29, 1.82) is 5.26 Å². The van der Waals surface area contributed by atoms with Crippen molar-refractivity contribution in [3.8, 4) is 6.07 Å². The number of aromatic nitrogens is 1. The minimum atomic E-state index is 0.289.